The lowest BCUT2D eigenvalue weighted by Crippen LogP contribution is -2.34. The Hall–Kier alpha value is -2.76. The Morgan fingerprint density at radius 3 is 2.43 bits per heavy atom. The molecule has 0 aliphatic rings. The number of aromatic nitrogens is 2. The van der Waals surface area contributed by atoms with Crippen LogP contribution in [0.2, 0.25) is 0 Å². The Morgan fingerprint density at radius 1 is 1.14 bits per heavy atom. The molecule has 0 aliphatic heterocycles. The molecule has 108 valence electrons. The van der Waals surface area contributed by atoms with Crippen LogP contribution in [0.1, 0.15) is 33.4 Å². The van der Waals surface area contributed by atoms with E-state index < -0.39 is 17.9 Å². The number of aliphatic carboxylic acids is 1. The van der Waals surface area contributed by atoms with E-state index in [4.69, 9.17) is 0 Å². The first-order valence-corrected chi connectivity index (χ1v) is 6.38. The first-order valence-electron chi connectivity index (χ1n) is 6.38. The van der Waals surface area contributed by atoms with Gasteiger partial charge in [-0.15, -0.1) is 0 Å². The quantitative estimate of drug-likeness (QED) is 0.891. The molecule has 2 N–H and O–H groups in total. The van der Waals surface area contributed by atoms with E-state index in [1.165, 1.54) is 0 Å². The minimum Gasteiger partial charge on any atom is -0.479 e. The Balaban J connectivity index is 2.27. The van der Waals surface area contributed by atoms with Crippen LogP contribution in [-0.2, 0) is 4.79 Å². The van der Waals surface area contributed by atoms with Crippen LogP contribution >= 0.6 is 0 Å². The van der Waals surface area contributed by atoms with Gasteiger partial charge in [-0.25, -0.2) is 4.79 Å². The van der Waals surface area contributed by atoms with E-state index in [9.17, 15) is 14.7 Å². The van der Waals surface area contributed by atoms with Gasteiger partial charge in [-0.1, -0.05) is 30.3 Å². The standard InChI is InChI=1S/C15H15N3O3/c1-9-8-12(10(2)18-17-9)14(19)16-13(15(20)21)11-6-4-3-5-7-11/h3-8,13H,1-2H3,(H,16,19)(H,20,21). The van der Waals surface area contributed by atoms with Gasteiger partial charge in [0.1, 0.15) is 0 Å². The van der Waals surface area contributed by atoms with Gasteiger partial charge < -0.3 is 10.4 Å². The molecule has 6 heteroatoms. The summed E-state index contributed by atoms with van der Waals surface area (Å²) in [6.07, 6.45) is 0. The van der Waals surface area contributed by atoms with E-state index in [1.807, 2.05) is 0 Å². The van der Waals surface area contributed by atoms with Crippen molar-refractivity contribution in [2.75, 3.05) is 0 Å². The first kappa shape index (κ1) is 14.6. The first-order chi connectivity index (χ1) is 9.99. The van der Waals surface area contributed by atoms with Crippen molar-refractivity contribution >= 4 is 11.9 Å². The maximum Gasteiger partial charge on any atom is 0.330 e. The fraction of sp³-hybridized carbons (Fsp3) is 0.200. The lowest BCUT2D eigenvalue weighted by Gasteiger charge is -2.15. The second-order valence-corrected chi connectivity index (χ2v) is 4.64. The fourth-order valence-electron chi connectivity index (χ4n) is 1.92. The molecule has 1 atom stereocenters. The predicted octanol–water partition coefficient (Wildman–Crippen LogP) is 1.65. The number of carbonyl (C=O) groups excluding carboxylic acids is 1. The number of benzene rings is 1. The summed E-state index contributed by atoms with van der Waals surface area (Å²) in [5, 5.41) is 19.5. The molecule has 0 aliphatic carbocycles. The van der Waals surface area contributed by atoms with Gasteiger partial charge in [0.15, 0.2) is 6.04 Å². The topological polar surface area (TPSA) is 92.2 Å². The zero-order valence-electron chi connectivity index (χ0n) is 11.7. The van der Waals surface area contributed by atoms with Crippen molar-refractivity contribution in [1.29, 1.82) is 0 Å². The van der Waals surface area contributed by atoms with Gasteiger partial charge in [0.25, 0.3) is 5.91 Å². The monoisotopic (exact) mass is 285 g/mol. The highest BCUT2D eigenvalue weighted by molar-refractivity contribution is 5.97. The third kappa shape index (κ3) is 3.42. The highest BCUT2D eigenvalue weighted by Gasteiger charge is 2.23. The molecule has 0 saturated heterocycles. The Morgan fingerprint density at radius 2 is 1.81 bits per heavy atom. The summed E-state index contributed by atoms with van der Waals surface area (Å²) < 4.78 is 0. The molecular weight excluding hydrogens is 270 g/mol. The Bertz CT molecular complexity index is 671. The van der Waals surface area contributed by atoms with Crippen molar-refractivity contribution in [3.63, 3.8) is 0 Å². The molecule has 0 bridgehead atoms. The molecule has 2 aromatic rings. The number of carboxylic acids is 1. The molecule has 2 rings (SSSR count). The second kappa shape index (κ2) is 6.13. The minimum atomic E-state index is -1.12. The number of nitrogens with zero attached hydrogens (tertiary/aromatic N) is 2. The molecule has 0 radical (unpaired) electrons. The normalized spacial score (nSPS) is 11.7. The zero-order valence-corrected chi connectivity index (χ0v) is 11.7. The minimum absolute atomic E-state index is 0.324. The van der Waals surface area contributed by atoms with E-state index in [0.717, 1.165) is 0 Å². The van der Waals surface area contributed by atoms with E-state index >= 15 is 0 Å². The fourth-order valence-corrected chi connectivity index (χ4v) is 1.92. The van der Waals surface area contributed by atoms with Gasteiger partial charge in [-0.2, -0.15) is 10.2 Å². The molecule has 1 aromatic heterocycles. The van der Waals surface area contributed by atoms with Gasteiger partial charge in [0.05, 0.1) is 17.0 Å². The summed E-state index contributed by atoms with van der Waals surface area (Å²) in [5.41, 5.74) is 1.88. The van der Waals surface area contributed by atoms with Crippen molar-refractivity contribution in [3.8, 4) is 0 Å². The average molecular weight is 285 g/mol. The highest BCUT2D eigenvalue weighted by atomic mass is 16.4. The van der Waals surface area contributed by atoms with Crippen molar-refractivity contribution in [1.82, 2.24) is 15.5 Å². The molecule has 0 saturated carbocycles. The summed E-state index contributed by atoms with van der Waals surface area (Å²) in [6.45, 7) is 3.37. The predicted molar refractivity (Wildman–Crippen MR) is 75.8 cm³/mol. The zero-order chi connectivity index (χ0) is 15.4. The maximum atomic E-state index is 12.3. The number of aryl methyl sites for hydroxylation is 2. The second-order valence-electron chi connectivity index (χ2n) is 4.64. The van der Waals surface area contributed by atoms with Crippen LogP contribution in [-0.4, -0.2) is 27.2 Å². The van der Waals surface area contributed by atoms with Crippen LogP contribution in [0.5, 0.6) is 0 Å². The molecule has 1 amide bonds. The van der Waals surface area contributed by atoms with Crippen LogP contribution in [0.15, 0.2) is 36.4 Å². The van der Waals surface area contributed by atoms with Gasteiger partial charge in [0.2, 0.25) is 0 Å². The summed E-state index contributed by atoms with van der Waals surface area (Å²) in [7, 11) is 0. The van der Waals surface area contributed by atoms with E-state index in [0.29, 0.717) is 22.5 Å². The van der Waals surface area contributed by atoms with Gasteiger partial charge in [-0.05, 0) is 25.5 Å². The number of carbonyl (C=O) groups is 2. The molecule has 0 fully saturated rings. The maximum absolute atomic E-state index is 12.3. The molecule has 0 spiro atoms. The van der Waals surface area contributed by atoms with Crippen molar-refractivity contribution in [2.24, 2.45) is 0 Å². The Kier molecular flexibility index (Phi) is 4.27. The number of rotatable bonds is 4. The van der Waals surface area contributed by atoms with E-state index in [2.05, 4.69) is 15.5 Å². The average Bonchev–Trinajstić information content (AvgIpc) is 2.47. The van der Waals surface area contributed by atoms with Crippen LogP contribution in [0.4, 0.5) is 0 Å². The van der Waals surface area contributed by atoms with Crippen molar-refractivity contribution < 1.29 is 14.7 Å². The summed E-state index contributed by atoms with van der Waals surface area (Å²) in [6, 6.07) is 9.02. The lowest BCUT2D eigenvalue weighted by molar-refractivity contribution is -0.139. The van der Waals surface area contributed by atoms with Crippen molar-refractivity contribution in [3.05, 3.63) is 58.9 Å². The third-order valence-corrected chi connectivity index (χ3v) is 3.00. The Labute approximate surface area is 121 Å². The molecular formula is C15H15N3O3. The van der Waals surface area contributed by atoms with Crippen LogP contribution in [0.25, 0.3) is 0 Å². The van der Waals surface area contributed by atoms with E-state index in [-0.39, 0.29) is 0 Å². The van der Waals surface area contributed by atoms with Crippen LogP contribution in [0, 0.1) is 13.8 Å². The largest absolute Gasteiger partial charge is 0.479 e. The van der Waals surface area contributed by atoms with Gasteiger partial charge in [0, 0.05) is 0 Å². The SMILES string of the molecule is Cc1cc(C(=O)NC(C(=O)O)c2ccccc2)c(C)nn1. The van der Waals surface area contributed by atoms with Crippen LogP contribution < -0.4 is 5.32 Å². The van der Waals surface area contributed by atoms with E-state index in [1.54, 1.807) is 50.2 Å². The summed E-state index contributed by atoms with van der Waals surface area (Å²) in [5.74, 6) is -1.60. The molecule has 1 heterocycles. The number of nitrogens with one attached hydrogen (secondary N) is 1. The summed E-state index contributed by atoms with van der Waals surface area (Å²) >= 11 is 0. The highest BCUT2D eigenvalue weighted by Crippen LogP contribution is 2.14. The van der Waals surface area contributed by atoms with Gasteiger partial charge >= 0.3 is 5.97 Å². The number of amides is 1. The van der Waals surface area contributed by atoms with Crippen LogP contribution in [0.3, 0.4) is 0 Å². The molecule has 1 aromatic carbocycles. The number of hydrogen-bond acceptors (Lipinski definition) is 4. The summed E-state index contributed by atoms with van der Waals surface area (Å²) in [4.78, 5) is 23.6. The van der Waals surface area contributed by atoms with Gasteiger partial charge in [-0.3, -0.25) is 4.79 Å². The third-order valence-electron chi connectivity index (χ3n) is 3.00. The number of carboxylic acid groups (broad SMARTS) is 1. The number of hydrogen-bond donors (Lipinski definition) is 2. The van der Waals surface area contributed by atoms with Crippen molar-refractivity contribution in [2.45, 2.75) is 19.9 Å². The smallest absolute Gasteiger partial charge is 0.330 e. The molecule has 6 nitrogen and oxygen atoms in total. The molecule has 21 heavy (non-hydrogen) atoms. The molecule has 1 unspecified atom stereocenters. The lowest BCUT2D eigenvalue weighted by atomic mass is 10.1.